The van der Waals surface area contributed by atoms with Crippen molar-refractivity contribution in [3.05, 3.63) is 41.4 Å². The van der Waals surface area contributed by atoms with Crippen molar-refractivity contribution >= 4 is 42.5 Å². The summed E-state index contributed by atoms with van der Waals surface area (Å²) in [5, 5.41) is 8.26. The normalized spacial score (nSPS) is 21.2. The summed E-state index contributed by atoms with van der Waals surface area (Å²) in [5.74, 6) is 2.97. The highest BCUT2D eigenvalue weighted by Crippen LogP contribution is 2.29. The van der Waals surface area contributed by atoms with Crippen molar-refractivity contribution in [1.82, 2.24) is 20.4 Å². The van der Waals surface area contributed by atoms with E-state index in [0.717, 1.165) is 55.5 Å². The van der Waals surface area contributed by atoms with Crippen molar-refractivity contribution < 1.29 is 9.32 Å². The van der Waals surface area contributed by atoms with Gasteiger partial charge in [0.15, 0.2) is 0 Å². The lowest BCUT2D eigenvalue weighted by molar-refractivity contribution is 0.0754. The number of thioether (sulfide) groups is 1. The zero-order valence-electron chi connectivity index (χ0n) is 15.8. The van der Waals surface area contributed by atoms with Crippen LogP contribution in [-0.4, -0.2) is 47.1 Å². The van der Waals surface area contributed by atoms with E-state index in [1.165, 1.54) is 11.8 Å². The monoisotopic (exact) mass is 444 g/mol. The fraction of sp³-hybridized carbons (Fsp3) is 0.526. The Kier molecular flexibility index (Phi) is 8.61. The van der Waals surface area contributed by atoms with Crippen LogP contribution in [0.4, 0.5) is 0 Å². The molecule has 0 aliphatic carbocycles. The molecule has 1 N–H and O–H groups in total. The van der Waals surface area contributed by atoms with Crippen LogP contribution < -0.4 is 5.32 Å². The van der Waals surface area contributed by atoms with Gasteiger partial charge < -0.3 is 14.7 Å². The molecule has 0 spiro atoms. The summed E-state index contributed by atoms with van der Waals surface area (Å²) in [6, 6.07) is 5.64. The summed E-state index contributed by atoms with van der Waals surface area (Å²) in [4.78, 5) is 19.6. The fourth-order valence-corrected chi connectivity index (χ4v) is 4.76. The summed E-state index contributed by atoms with van der Waals surface area (Å²) < 4.78 is 5.11. The maximum atomic E-state index is 13.1. The van der Waals surface area contributed by atoms with Crippen molar-refractivity contribution in [2.45, 2.75) is 30.5 Å². The third-order valence-corrected chi connectivity index (χ3v) is 6.38. The standard InChI is InChI=1S/C19H24N4O2S.2ClH/c1-13-9-16(22-25-13)12-26-18-17(3-2-6-21-18)19(24)23-7-4-14-10-20-11-15(14)5-8-23;;/h2-3,6,9,14-15,20H,4-5,7-8,10-12H2,1H3;2*1H/t14-,15+;;. The summed E-state index contributed by atoms with van der Waals surface area (Å²) in [6.45, 7) is 5.74. The van der Waals surface area contributed by atoms with Crippen LogP contribution in [0.25, 0.3) is 0 Å². The Morgan fingerprint density at radius 3 is 2.64 bits per heavy atom. The van der Waals surface area contributed by atoms with Crippen LogP contribution in [0.15, 0.2) is 33.9 Å². The molecule has 0 aromatic carbocycles. The molecule has 2 saturated heterocycles. The van der Waals surface area contributed by atoms with Gasteiger partial charge in [-0.1, -0.05) is 16.9 Å². The minimum Gasteiger partial charge on any atom is -0.361 e. The van der Waals surface area contributed by atoms with Crippen molar-refractivity contribution in [3.8, 4) is 0 Å². The molecule has 0 unspecified atom stereocenters. The van der Waals surface area contributed by atoms with E-state index in [1.807, 2.05) is 30.0 Å². The number of carbonyl (C=O) groups is 1. The Morgan fingerprint density at radius 2 is 2.00 bits per heavy atom. The van der Waals surface area contributed by atoms with E-state index in [-0.39, 0.29) is 30.7 Å². The molecule has 0 bridgehead atoms. The van der Waals surface area contributed by atoms with Gasteiger partial charge in [0.2, 0.25) is 0 Å². The van der Waals surface area contributed by atoms with E-state index < -0.39 is 0 Å². The quantitative estimate of drug-likeness (QED) is 0.726. The predicted molar refractivity (Wildman–Crippen MR) is 115 cm³/mol. The molecule has 2 aliphatic rings. The van der Waals surface area contributed by atoms with Crippen molar-refractivity contribution in [2.75, 3.05) is 26.2 Å². The molecular formula is C19H26Cl2N4O2S. The molecule has 6 nitrogen and oxygen atoms in total. The van der Waals surface area contributed by atoms with Gasteiger partial charge >= 0.3 is 0 Å². The molecule has 2 atom stereocenters. The number of aryl methyl sites for hydroxylation is 1. The number of rotatable bonds is 4. The maximum absolute atomic E-state index is 13.1. The molecule has 2 fully saturated rings. The Balaban J connectivity index is 0.00000140. The zero-order chi connectivity index (χ0) is 17.9. The second-order valence-electron chi connectivity index (χ2n) is 7.12. The first-order valence-corrected chi connectivity index (χ1v) is 10.2. The largest absolute Gasteiger partial charge is 0.361 e. The molecular weight excluding hydrogens is 419 g/mol. The fourth-order valence-electron chi connectivity index (χ4n) is 3.89. The van der Waals surface area contributed by atoms with E-state index in [9.17, 15) is 4.79 Å². The van der Waals surface area contributed by atoms with Gasteiger partial charge in [-0.15, -0.1) is 24.8 Å². The number of nitrogens with one attached hydrogen (secondary N) is 1. The zero-order valence-corrected chi connectivity index (χ0v) is 18.2. The number of aromatic nitrogens is 2. The summed E-state index contributed by atoms with van der Waals surface area (Å²) in [5.41, 5.74) is 1.56. The smallest absolute Gasteiger partial charge is 0.256 e. The van der Waals surface area contributed by atoms with E-state index in [4.69, 9.17) is 4.52 Å². The van der Waals surface area contributed by atoms with E-state index >= 15 is 0 Å². The van der Waals surface area contributed by atoms with Gasteiger partial charge in [-0.3, -0.25) is 4.79 Å². The molecule has 0 radical (unpaired) electrons. The predicted octanol–water partition coefficient (Wildman–Crippen LogP) is 3.59. The first-order chi connectivity index (χ1) is 12.7. The van der Waals surface area contributed by atoms with Crippen LogP contribution in [0, 0.1) is 18.8 Å². The molecule has 154 valence electrons. The minimum atomic E-state index is 0. The van der Waals surface area contributed by atoms with E-state index in [2.05, 4.69) is 15.5 Å². The van der Waals surface area contributed by atoms with Crippen molar-refractivity contribution in [2.24, 2.45) is 11.8 Å². The molecule has 2 aliphatic heterocycles. The average Bonchev–Trinajstić information content (AvgIpc) is 3.24. The lowest BCUT2D eigenvalue weighted by atomic mass is 9.92. The minimum absolute atomic E-state index is 0. The summed E-state index contributed by atoms with van der Waals surface area (Å²) in [6.07, 6.45) is 3.92. The topological polar surface area (TPSA) is 71.3 Å². The molecule has 9 heteroatoms. The lowest BCUT2D eigenvalue weighted by Crippen LogP contribution is -2.33. The number of halogens is 2. The molecule has 4 rings (SSSR count). The van der Waals surface area contributed by atoms with Crippen LogP contribution in [-0.2, 0) is 5.75 Å². The van der Waals surface area contributed by atoms with Gasteiger partial charge in [0.1, 0.15) is 10.8 Å². The van der Waals surface area contributed by atoms with Gasteiger partial charge in [0.05, 0.1) is 11.3 Å². The Bertz CT molecular complexity index is 775. The van der Waals surface area contributed by atoms with E-state index in [0.29, 0.717) is 23.2 Å². The third kappa shape index (κ3) is 5.20. The molecule has 4 heterocycles. The molecule has 0 saturated carbocycles. The number of pyridine rings is 1. The van der Waals surface area contributed by atoms with Crippen molar-refractivity contribution in [1.29, 1.82) is 0 Å². The van der Waals surface area contributed by atoms with Gasteiger partial charge in [-0.2, -0.15) is 0 Å². The summed E-state index contributed by atoms with van der Waals surface area (Å²) in [7, 11) is 0. The number of fused-ring (bicyclic) bond motifs is 1. The van der Waals surface area contributed by atoms with Crippen LogP contribution >= 0.6 is 36.6 Å². The lowest BCUT2D eigenvalue weighted by Gasteiger charge is -2.22. The first kappa shape index (κ1) is 23.0. The number of nitrogens with zero attached hydrogens (tertiary/aromatic N) is 3. The Labute approximate surface area is 182 Å². The number of likely N-dealkylation sites (tertiary alicyclic amines) is 1. The number of amides is 1. The van der Waals surface area contributed by atoms with Crippen molar-refractivity contribution in [3.63, 3.8) is 0 Å². The van der Waals surface area contributed by atoms with Crippen LogP contribution in [0.5, 0.6) is 0 Å². The molecule has 28 heavy (non-hydrogen) atoms. The van der Waals surface area contributed by atoms with Gasteiger partial charge in [0, 0.05) is 31.1 Å². The van der Waals surface area contributed by atoms with Gasteiger partial charge in [0.25, 0.3) is 5.91 Å². The number of hydrogen-bond donors (Lipinski definition) is 1. The van der Waals surface area contributed by atoms with Crippen LogP contribution in [0.1, 0.15) is 34.7 Å². The maximum Gasteiger partial charge on any atom is 0.256 e. The number of hydrogen-bond acceptors (Lipinski definition) is 6. The van der Waals surface area contributed by atoms with E-state index in [1.54, 1.807) is 6.20 Å². The highest BCUT2D eigenvalue weighted by molar-refractivity contribution is 7.98. The second-order valence-corrected chi connectivity index (χ2v) is 8.09. The molecule has 2 aromatic heterocycles. The Hall–Kier alpha value is -1.28. The molecule has 2 aromatic rings. The van der Waals surface area contributed by atoms with Crippen LogP contribution in [0.3, 0.4) is 0 Å². The second kappa shape index (κ2) is 10.5. The highest BCUT2D eigenvalue weighted by Gasteiger charge is 2.32. The highest BCUT2D eigenvalue weighted by atomic mass is 35.5. The summed E-state index contributed by atoms with van der Waals surface area (Å²) >= 11 is 1.54. The van der Waals surface area contributed by atoms with Gasteiger partial charge in [-0.25, -0.2) is 4.98 Å². The first-order valence-electron chi connectivity index (χ1n) is 9.20. The third-order valence-electron chi connectivity index (χ3n) is 5.34. The average molecular weight is 445 g/mol. The number of carbonyl (C=O) groups excluding carboxylic acids is 1. The van der Waals surface area contributed by atoms with Crippen LogP contribution in [0.2, 0.25) is 0 Å². The SMILES string of the molecule is Cc1cc(CSc2ncccc2C(=O)N2CC[C@@H]3CNC[C@@H]3CC2)no1.Cl.Cl. The Morgan fingerprint density at radius 1 is 1.29 bits per heavy atom. The van der Waals surface area contributed by atoms with Gasteiger partial charge in [-0.05, 0) is 56.8 Å². The molecule has 1 amide bonds.